The molecular weight excluding hydrogens is 364 g/mol. The van der Waals surface area contributed by atoms with Gasteiger partial charge in [-0.25, -0.2) is 0 Å². The number of hydrogen-bond acceptors (Lipinski definition) is 5. The van der Waals surface area contributed by atoms with E-state index in [0.717, 1.165) is 32.5 Å². The van der Waals surface area contributed by atoms with Gasteiger partial charge in [0, 0.05) is 19.1 Å². The van der Waals surface area contributed by atoms with Crippen molar-refractivity contribution >= 4 is 0 Å². The molecule has 1 fully saturated rings. The van der Waals surface area contributed by atoms with Crippen LogP contribution in [0.3, 0.4) is 0 Å². The van der Waals surface area contributed by atoms with Crippen molar-refractivity contribution in [2.24, 2.45) is 0 Å². The largest absolute Gasteiger partial charge is 0.493 e. The van der Waals surface area contributed by atoms with Crippen molar-refractivity contribution in [1.82, 2.24) is 10.2 Å². The SMILES string of the molecule is COc1cc(CNC2Cc3ccccc3C2)ccc1OCC(O)CN1CCCC1. The highest BCUT2D eigenvalue weighted by atomic mass is 16.5. The molecule has 156 valence electrons. The van der Waals surface area contributed by atoms with Gasteiger partial charge in [0.25, 0.3) is 0 Å². The highest BCUT2D eigenvalue weighted by Crippen LogP contribution is 2.29. The summed E-state index contributed by atoms with van der Waals surface area (Å²) in [4.78, 5) is 2.29. The van der Waals surface area contributed by atoms with E-state index in [0.29, 0.717) is 24.1 Å². The Morgan fingerprint density at radius 3 is 2.48 bits per heavy atom. The number of aliphatic hydroxyl groups is 1. The van der Waals surface area contributed by atoms with Crippen molar-refractivity contribution in [3.8, 4) is 11.5 Å². The molecular formula is C24H32N2O3. The smallest absolute Gasteiger partial charge is 0.161 e. The van der Waals surface area contributed by atoms with Gasteiger partial charge in [-0.15, -0.1) is 0 Å². The minimum atomic E-state index is -0.483. The van der Waals surface area contributed by atoms with Crippen LogP contribution in [-0.4, -0.2) is 55.5 Å². The summed E-state index contributed by atoms with van der Waals surface area (Å²) in [5.74, 6) is 1.40. The van der Waals surface area contributed by atoms with Gasteiger partial charge in [-0.05, 0) is 67.6 Å². The number of fused-ring (bicyclic) bond motifs is 1. The van der Waals surface area contributed by atoms with Crippen molar-refractivity contribution < 1.29 is 14.6 Å². The molecule has 0 amide bonds. The van der Waals surface area contributed by atoms with E-state index in [1.54, 1.807) is 7.11 Å². The standard InChI is InChI=1S/C24H32N2O3/c1-28-24-12-18(15-25-21-13-19-6-2-3-7-20(19)14-21)8-9-23(24)29-17-22(27)16-26-10-4-5-11-26/h2-3,6-9,12,21-22,25,27H,4-5,10-11,13-17H2,1H3. The van der Waals surface area contributed by atoms with Crippen molar-refractivity contribution in [1.29, 1.82) is 0 Å². The van der Waals surface area contributed by atoms with Gasteiger partial charge < -0.3 is 24.8 Å². The zero-order valence-corrected chi connectivity index (χ0v) is 17.3. The van der Waals surface area contributed by atoms with Gasteiger partial charge in [0.2, 0.25) is 0 Å². The second kappa shape index (κ2) is 9.61. The molecule has 0 radical (unpaired) electrons. The molecule has 1 atom stereocenters. The first-order chi connectivity index (χ1) is 14.2. The fourth-order valence-corrected chi connectivity index (χ4v) is 4.41. The van der Waals surface area contributed by atoms with Gasteiger partial charge in [-0.1, -0.05) is 30.3 Å². The first-order valence-corrected chi connectivity index (χ1v) is 10.7. The molecule has 0 aromatic heterocycles. The lowest BCUT2D eigenvalue weighted by molar-refractivity contribution is 0.0747. The van der Waals surface area contributed by atoms with Gasteiger partial charge in [0.05, 0.1) is 7.11 Å². The van der Waals surface area contributed by atoms with Crippen LogP contribution < -0.4 is 14.8 Å². The van der Waals surface area contributed by atoms with Crippen molar-refractivity contribution in [3.63, 3.8) is 0 Å². The summed E-state index contributed by atoms with van der Waals surface area (Å²) in [5, 5.41) is 13.9. The van der Waals surface area contributed by atoms with Gasteiger partial charge in [-0.2, -0.15) is 0 Å². The van der Waals surface area contributed by atoms with Crippen LogP contribution in [0.4, 0.5) is 0 Å². The third-order valence-electron chi connectivity index (χ3n) is 5.97. The molecule has 1 aliphatic heterocycles. The van der Waals surface area contributed by atoms with Gasteiger partial charge >= 0.3 is 0 Å². The molecule has 2 aromatic rings. The average Bonchev–Trinajstić information content (AvgIpc) is 3.40. The maximum atomic E-state index is 10.3. The molecule has 2 aromatic carbocycles. The molecule has 2 aliphatic rings. The number of likely N-dealkylation sites (tertiary alicyclic amines) is 1. The lowest BCUT2D eigenvalue weighted by Crippen LogP contribution is -2.33. The molecule has 29 heavy (non-hydrogen) atoms. The Labute approximate surface area is 173 Å². The van der Waals surface area contributed by atoms with E-state index in [1.807, 2.05) is 12.1 Å². The monoisotopic (exact) mass is 396 g/mol. The van der Waals surface area contributed by atoms with Crippen LogP contribution in [0.25, 0.3) is 0 Å². The number of aliphatic hydroxyl groups excluding tert-OH is 1. The van der Waals surface area contributed by atoms with Gasteiger partial charge in [0.1, 0.15) is 12.7 Å². The first kappa shape index (κ1) is 20.2. The lowest BCUT2D eigenvalue weighted by Gasteiger charge is -2.20. The molecule has 5 nitrogen and oxygen atoms in total. The van der Waals surface area contributed by atoms with Gasteiger partial charge in [-0.3, -0.25) is 0 Å². The van der Waals surface area contributed by atoms with E-state index in [2.05, 4.69) is 40.5 Å². The van der Waals surface area contributed by atoms with Crippen LogP contribution in [0, 0.1) is 0 Å². The molecule has 1 heterocycles. The number of ether oxygens (including phenoxy) is 2. The fraction of sp³-hybridized carbons (Fsp3) is 0.500. The zero-order chi connectivity index (χ0) is 20.1. The average molecular weight is 397 g/mol. The van der Waals surface area contributed by atoms with Crippen LogP contribution in [0.15, 0.2) is 42.5 Å². The molecule has 0 saturated carbocycles. The van der Waals surface area contributed by atoms with Crippen LogP contribution in [0.5, 0.6) is 11.5 Å². The van der Waals surface area contributed by atoms with Crippen LogP contribution in [0.2, 0.25) is 0 Å². The maximum absolute atomic E-state index is 10.3. The molecule has 4 rings (SSSR count). The summed E-state index contributed by atoms with van der Waals surface area (Å²) in [6.07, 6.45) is 4.14. The summed E-state index contributed by atoms with van der Waals surface area (Å²) in [6, 6.07) is 15.2. The summed E-state index contributed by atoms with van der Waals surface area (Å²) < 4.78 is 11.4. The molecule has 1 unspecified atom stereocenters. The van der Waals surface area contributed by atoms with E-state index in [-0.39, 0.29) is 6.61 Å². The number of β-amino-alcohol motifs (C(OH)–C–C–N with tert-alkyl or cyclic N) is 1. The Balaban J connectivity index is 1.27. The highest BCUT2D eigenvalue weighted by molar-refractivity contribution is 5.43. The van der Waals surface area contributed by atoms with E-state index in [4.69, 9.17) is 9.47 Å². The van der Waals surface area contributed by atoms with E-state index in [9.17, 15) is 5.11 Å². The summed E-state index contributed by atoms with van der Waals surface area (Å²) >= 11 is 0. The van der Waals surface area contributed by atoms with Crippen LogP contribution in [-0.2, 0) is 19.4 Å². The second-order valence-electron chi connectivity index (χ2n) is 8.21. The number of rotatable bonds is 9. The maximum Gasteiger partial charge on any atom is 0.161 e. The minimum Gasteiger partial charge on any atom is -0.493 e. The molecule has 1 saturated heterocycles. The van der Waals surface area contributed by atoms with Gasteiger partial charge in [0.15, 0.2) is 11.5 Å². The summed E-state index contributed by atoms with van der Waals surface area (Å²) in [5.41, 5.74) is 4.08. The van der Waals surface area contributed by atoms with Crippen molar-refractivity contribution in [3.05, 3.63) is 59.2 Å². The number of benzene rings is 2. The quantitative estimate of drug-likeness (QED) is 0.683. The number of nitrogens with one attached hydrogen (secondary N) is 1. The minimum absolute atomic E-state index is 0.283. The van der Waals surface area contributed by atoms with E-state index < -0.39 is 6.10 Å². The molecule has 2 N–H and O–H groups in total. The Morgan fingerprint density at radius 1 is 1.07 bits per heavy atom. The first-order valence-electron chi connectivity index (χ1n) is 10.7. The Kier molecular flexibility index (Phi) is 6.70. The van der Waals surface area contributed by atoms with Crippen LogP contribution >= 0.6 is 0 Å². The van der Waals surface area contributed by atoms with Crippen molar-refractivity contribution in [2.75, 3.05) is 33.4 Å². The Bertz CT molecular complexity index is 779. The predicted molar refractivity (Wildman–Crippen MR) is 115 cm³/mol. The molecule has 5 heteroatoms. The van der Waals surface area contributed by atoms with Crippen molar-refractivity contribution in [2.45, 2.75) is 44.4 Å². The predicted octanol–water partition coefficient (Wildman–Crippen LogP) is 2.79. The molecule has 0 spiro atoms. The number of hydrogen-bond donors (Lipinski definition) is 2. The number of methoxy groups -OCH3 is 1. The summed E-state index contributed by atoms with van der Waals surface area (Å²) in [7, 11) is 1.66. The van der Waals surface area contributed by atoms with E-state index in [1.165, 1.54) is 29.5 Å². The Morgan fingerprint density at radius 2 is 1.79 bits per heavy atom. The third kappa shape index (κ3) is 5.30. The zero-order valence-electron chi connectivity index (χ0n) is 17.3. The van der Waals surface area contributed by atoms with Crippen LogP contribution in [0.1, 0.15) is 29.5 Å². The number of nitrogens with zero attached hydrogens (tertiary/aromatic N) is 1. The highest BCUT2D eigenvalue weighted by Gasteiger charge is 2.20. The lowest BCUT2D eigenvalue weighted by atomic mass is 10.1. The summed E-state index contributed by atoms with van der Waals surface area (Å²) in [6.45, 7) is 3.91. The topological polar surface area (TPSA) is 54.0 Å². The van der Waals surface area contributed by atoms with E-state index >= 15 is 0 Å². The fourth-order valence-electron chi connectivity index (χ4n) is 4.41. The molecule has 1 aliphatic carbocycles. The third-order valence-corrected chi connectivity index (χ3v) is 5.97. The molecule has 0 bridgehead atoms. The second-order valence-corrected chi connectivity index (χ2v) is 8.21. The Hall–Kier alpha value is -2.08. The normalized spacial score (nSPS) is 18.0.